The largest absolute Gasteiger partial charge is 0.464 e. The number of sulfonamides is 1. The van der Waals surface area contributed by atoms with E-state index in [1.165, 1.54) is 24.3 Å². The van der Waals surface area contributed by atoms with Crippen molar-refractivity contribution in [1.29, 1.82) is 0 Å². The minimum absolute atomic E-state index is 0.252. The first-order valence-electron chi connectivity index (χ1n) is 5.18. The predicted molar refractivity (Wildman–Crippen MR) is 64.6 cm³/mol. The zero-order valence-corrected chi connectivity index (χ0v) is 11.0. The first kappa shape index (κ1) is 16.2. The summed E-state index contributed by atoms with van der Waals surface area (Å²) >= 11 is 0. The topological polar surface area (TPSA) is 72.8 Å². The Labute approximate surface area is 113 Å². The van der Waals surface area contributed by atoms with Crippen LogP contribution in [0.1, 0.15) is 5.56 Å². The minimum atomic E-state index is -5.21. The van der Waals surface area contributed by atoms with Gasteiger partial charge in [0.2, 0.25) is 5.71 Å². The normalized spacial score (nSPS) is 13.1. The first-order chi connectivity index (χ1) is 9.15. The van der Waals surface area contributed by atoms with Crippen LogP contribution in [-0.4, -0.2) is 33.4 Å². The van der Waals surface area contributed by atoms with Gasteiger partial charge in [0.05, 0.1) is 12.9 Å². The summed E-state index contributed by atoms with van der Waals surface area (Å²) < 4.78 is 67.2. The van der Waals surface area contributed by atoms with Crippen molar-refractivity contribution >= 4 is 21.7 Å². The van der Waals surface area contributed by atoms with Gasteiger partial charge in [-0.15, -0.1) is 0 Å². The van der Waals surface area contributed by atoms with Gasteiger partial charge in [-0.05, 0) is 5.56 Å². The molecule has 0 amide bonds. The molecule has 0 bridgehead atoms. The number of halogens is 3. The summed E-state index contributed by atoms with van der Waals surface area (Å²) in [5.41, 5.74) is -1.85. The fourth-order valence-corrected chi connectivity index (χ4v) is 2.39. The van der Waals surface area contributed by atoms with E-state index in [9.17, 15) is 26.4 Å². The predicted octanol–water partition coefficient (Wildman–Crippen LogP) is 1.69. The van der Waals surface area contributed by atoms with Crippen molar-refractivity contribution in [3.63, 3.8) is 0 Å². The Morgan fingerprint density at radius 3 is 2.25 bits per heavy atom. The molecule has 20 heavy (non-hydrogen) atoms. The lowest BCUT2D eigenvalue weighted by Gasteiger charge is -2.08. The molecule has 1 rings (SSSR count). The van der Waals surface area contributed by atoms with Gasteiger partial charge in [0.1, 0.15) is 0 Å². The average Bonchev–Trinajstić information content (AvgIpc) is 2.34. The van der Waals surface area contributed by atoms with E-state index in [4.69, 9.17) is 0 Å². The third-order valence-electron chi connectivity index (χ3n) is 2.07. The molecule has 0 aliphatic carbocycles. The third kappa shape index (κ3) is 4.65. The Bertz CT molecular complexity index is 608. The minimum Gasteiger partial charge on any atom is -0.464 e. The average molecular weight is 309 g/mol. The van der Waals surface area contributed by atoms with E-state index >= 15 is 0 Å². The van der Waals surface area contributed by atoms with Gasteiger partial charge >= 0.3 is 12.1 Å². The summed E-state index contributed by atoms with van der Waals surface area (Å²) in [6.45, 7) is 0. The van der Waals surface area contributed by atoms with Crippen molar-refractivity contribution in [2.45, 2.75) is 11.9 Å². The zero-order chi connectivity index (χ0) is 15.4. The van der Waals surface area contributed by atoms with Gasteiger partial charge in [0, 0.05) is 0 Å². The highest BCUT2D eigenvalue weighted by Crippen LogP contribution is 2.20. The van der Waals surface area contributed by atoms with Crippen LogP contribution in [0.2, 0.25) is 0 Å². The molecule has 1 aromatic carbocycles. The Morgan fingerprint density at radius 2 is 1.80 bits per heavy atom. The summed E-state index contributed by atoms with van der Waals surface area (Å²) in [7, 11) is -3.80. The van der Waals surface area contributed by atoms with E-state index in [2.05, 4.69) is 9.13 Å². The van der Waals surface area contributed by atoms with E-state index in [0.29, 0.717) is 7.11 Å². The van der Waals surface area contributed by atoms with Crippen LogP contribution in [0.3, 0.4) is 0 Å². The highest BCUT2D eigenvalue weighted by molar-refractivity contribution is 7.89. The summed E-state index contributed by atoms with van der Waals surface area (Å²) in [5.74, 6) is -2.60. The second-order valence-electron chi connectivity index (χ2n) is 3.64. The molecular formula is C11H10F3NO4S. The van der Waals surface area contributed by atoms with Gasteiger partial charge in [-0.25, -0.2) is 13.2 Å². The number of hydrogen-bond donors (Lipinski definition) is 0. The van der Waals surface area contributed by atoms with Crippen molar-refractivity contribution < 1.29 is 31.1 Å². The van der Waals surface area contributed by atoms with Crippen LogP contribution in [0, 0.1) is 0 Å². The summed E-state index contributed by atoms with van der Waals surface area (Å²) in [5, 5.41) is 0. The van der Waals surface area contributed by atoms with E-state index in [-0.39, 0.29) is 5.56 Å². The van der Waals surface area contributed by atoms with Gasteiger partial charge in [-0.2, -0.15) is 17.6 Å². The molecular weight excluding hydrogens is 299 g/mol. The van der Waals surface area contributed by atoms with Gasteiger partial charge < -0.3 is 4.74 Å². The zero-order valence-electron chi connectivity index (χ0n) is 10.2. The lowest BCUT2D eigenvalue weighted by molar-refractivity contribution is -0.137. The van der Waals surface area contributed by atoms with Crippen molar-refractivity contribution in [3.05, 3.63) is 35.9 Å². The Morgan fingerprint density at radius 1 is 1.25 bits per heavy atom. The van der Waals surface area contributed by atoms with Crippen LogP contribution in [0.15, 0.2) is 34.7 Å². The van der Waals surface area contributed by atoms with Crippen LogP contribution in [0.4, 0.5) is 13.2 Å². The van der Waals surface area contributed by atoms with Crippen LogP contribution >= 0.6 is 0 Å². The van der Waals surface area contributed by atoms with Crippen molar-refractivity contribution in [3.8, 4) is 0 Å². The lowest BCUT2D eigenvalue weighted by atomic mass is 10.2. The standard InChI is InChI=1S/C11H10F3NO4S/c1-19-10(16)9(11(12,13)14)15-20(17,18)7-8-5-3-2-4-6-8/h2-6H,7H2,1H3/b15-9+. The number of methoxy groups -OCH3 is 1. The van der Waals surface area contributed by atoms with Gasteiger partial charge in [0.25, 0.3) is 10.0 Å². The molecule has 0 saturated heterocycles. The van der Waals surface area contributed by atoms with Crippen molar-refractivity contribution in [2.75, 3.05) is 7.11 Å². The maximum absolute atomic E-state index is 12.5. The number of alkyl halides is 3. The fraction of sp³-hybridized carbons (Fsp3) is 0.273. The molecule has 0 heterocycles. The number of ether oxygens (including phenoxy) is 1. The molecule has 0 N–H and O–H groups in total. The monoisotopic (exact) mass is 309 g/mol. The molecule has 0 fully saturated rings. The van der Waals surface area contributed by atoms with Gasteiger partial charge in [0.15, 0.2) is 0 Å². The molecule has 0 radical (unpaired) electrons. The number of rotatable bonds is 4. The van der Waals surface area contributed by atoms with Gasteiger partial charge in [-0.1, -0.05) is 30.3 Å². The molecule has 0 atom stereocenters. The van der Waals surface area contributed by atoms with Crippen LogP contribution < -0.4 is 0 Å². The maximum Gasteiger partial charge on any atom is 0.441 e. The van der Waals surface area contributed by atoms with E-state index in [0.717, 1.165) is 0 Å². The third-order valence-corrected chi connectivity index (χ3v) is 3.23. The summed E-state index contributed by atoms with van der Waals surface area (Å²) in [6.07, 6.45) is -5.21. The molecule has 0 aromatic heterocycles. The van der Waals surface area contributed by atoms with Crippen LogP contribution in [0.5, 0.6) is 0 Å². The highest BCUT2D eigenvalue weighted by Gasteiger charge is 2.43. The van der Waals surface area contributed by atoms with Crippen molar-refractivity contribution in [1.82, 2.24) is 0 Å². The van der Waals surface area contributed by atoms with E-state index in [1.807, 2.05) is 0 Å². The summed E-state index contributed by atoms with van der Waals surface area (Å²) in [6, 6.07) is 7.50. The Kier molecular flexibility index (Phi) is 4.88. The fourth-order valence-electron chi connectivity index (χ4n) is 1.26. The summed E-state index contributed by atoms with van der Waals surface area (Å²) in [4.78, 5) is 11.0. The second kappa shape index (κ2) is 6.04. The number of nitrogens with zero attached hydrogens (tertiary/aromatic N) is 1. The van der Waals surface area contributed by atoms with E-state index in [1.54, 1.807) is 6.07 Å². The molecule has 0 saturated carbocycles. The Balaban J connectivity index is 3.13. The van der Waals surface area contributed by atoms with Crippen LogP contribution in [0.25, 0.3) is 0 Å². The first-order valence-corrected chi connectivity index (χ1v) is 6.79. The molecule has 110 valence electrons. The molecule has 0 aliphatic rings. The molecule has 0 spiro atoms. The number of esters is 1. The smallest absolute Gasteiger partial charge is 0.441 e. The van der Waals surface area contributed by atoms with Gasteiger partial charge in [-0.3, -0.25) is 0 Å². The maximum atomic E-state index is 12.5. The van der Waals surface area contributed by atoms with E-state index < -0.39 is 33.6 Å². The molecule has 9 heteroatoms. The SMILES string of the molecule is COC(=O)/C(=N\S(=O)(=O)Cc1ccccc1)C(F)(F)F. The second-order valence-corrected chi connectivity index (χ2v) is 5.28. The number of carbonyl (C=O) groups is 1. The molecule has 0 aliphatic heterocycles. The quantitative estimate of drug-likeness (QED) is 0.627. The van der Waals surface area contributed by atoms with Crippen molar-refractivity contribution in [2.24, 2.45) is 4.40 Å². The number of carbonyl (C=O) groups excluding carboxylic acids is 1. The Hall–Kier alpha value is -1.90. The number of benzene rings is 1. The lowest BCUT2D eigenvalue weighted by Crippen LogP contribution is -2.33. The highest BCUT2D eigenvalue weighted by atomic mass is 32.2. The molecule has 0 unspecified atom stereocenters. The van der Waals surface area contributed by atoms with Crippen LogP contribution in [-0.2, 0) is 25.3 Å². The number of hydrogen-bond acceptors (Lipinski definition) is 4. The molecule has 5 nitrogen and oxygen atoms in total. The molecule has 1 aromatic rings.